The Balaban J connectivity index is 1.77. The molecule has 0 unspecified atom stereocenters. The highest BCUT2D eigenvalue weighted by molar-refractivity contribution is 5.99. The summed E-state index contributed by atoms with van der Waals surface area (Å²) in [6.45, 7) is 4.73. The molecule has 0 atom stereocenters. The van der Waals surface area contributed by atoms with E-state index in [0.717, 1.165) is 22.3 Å². The lowest BCUT2D eigenvalue weighted by molar-refractivity contribution is 0.0924. The van der Waals surface area contributed by atoms with Gasteiger partial charge >= 0.3 is 0 Å². The van der Waals surface area contributed by atoms with Gasteiger partial charge in [-0.3, -0.25) is 4.79 Å². The van der Waals surface area contributed by atoms with Crippen LogP contribution in [0.2, 0.25) is 0 Å². The van der Waals surface area contributed by atoms with Gasteiger partial charge in [-0.1, -0.05) is 6.07 Å². The van der Waals surface area contributed by atoms with Crippen LogP contribution in [0.1, 0.15) is 28.6 Å². The second-order valence-corrected chi connectivity index (χ2v) is 6.02. The summed E-state index contributed by atoms with van der Waals surface area (Å²) in [5.74, 6) is 2.06. The first-order chi connectivity index (χ1) is 13.1. The molecular formula is C21H23NO5. The third-order valence-electron chi connectivity index (χ3n) is 4.33. The Morgan fingerprint density at radius 2 is 1.85 bits per heavy atom. The maximum absolute atomic E-state index is 12.6. The predicted molar refractivity (Wildman–Crippen MR) is 103 cm³/mol. The molecule has 2 aromatic carbocycles. The second kappa shape index (κ2) is 8.03. The number of rotatable bonds is 7. The van der Waals surface area contributed by atoms with Gasteiger partial charge < -0.3 is 23.9 Å². The minimum Gasteiger partial charge on any atom is -0.494 e. The van der Waals surface area contributed by atoms with Gasteiger partial charge in [-0.15, -0.1) is 0 Å². The Bertz CT molecular complexity index is 961. The molecule has 0 spiro atoms. The first-order valence-electron chi connectivity index (χ1n) is 8.72. The maximum atomic E-state index is 12.6. The average Bonchev–Trinajstić information content (AvgIpc) is 3.02. The standard InChI is InChI=1S/C21H23NO5/c1-5-26-15-7-9-17-16(11-15)13(2)20(27-17)21(23)22-12-14-6-8-18(24-3)19(10-14)25-4/h6-11H,5,12H2,1-4H3,(H,22,23). The zero-order valence-corrected chi connectivity index (χ0v) is 15.9. The van der Waals surface area contributed by atoms with E-state index in [1.807, 2.05) is 50.2 Å². The highest BCUT2D eigenvalue weighted by Gasteiger charge is 2.18. The number of hydrogen-bond donors (Lipinski definition) is 1. The summed E-state index contributed by atoms with van der Waals surface area (Å²) in [6, 6.07) is 11.1. The van der Waals surface area contributed by atoms with Gasteiger partial charge in [0, 0.05) is 17.5 Å². The Morgan fingerprint density at radius 1 is 1.07 bits per heavy atom. The van der Waals surface area contributed by atoms with Crippen molar-refractivity contribution in [2.75, 3.05) is 20.8 Å². The number of fused-ring (bicyclic) bond motifs is 1. The van der Waals surface area contributed by atoms with Gasteiger partial charge in [0.2, 0.25) is 0 Å². The quantitative estimate of drug-likeness (QED) is 0.679. The van der Waals surface area contributed by atoms with E-state index < -0.39 is 0 Å². The molecule has 0 saturated carbocycles. The third-order valence-corrected chi connectivity index (χ3v) is 4.33. The highest BCUT2D eigenvalue weighted by Crippen LogP contribution is 2.29. The topological polar surface area (TPSA) is 69.9 Å². The van der Waals surface area contributed by atoms with Crippen LogP contribution in [-0.2, 0) is 6.54 Å². The van der Waals surface area contributed by atoms with Gasteiger partial charge in [-0.2, -0.15) is 0 Å². The largest absolute Gasteiger partial charge is 0.494 e. The number of ether oxygens (including phenoxy) is 3. The highest BCUT2D eigenvalue weighted by atomic mass is 16.5. The third kappa shape index (κ3) is 3.84. The molecule has 3 rings (SSSR count). The number of benzene rings is 2. The van der Waals surface area contributed by atoms with Crippen molar-refractivity contribution in [1.29, 1.82) is 0 Å². The Hall–Kier alpha value is -3.15. The molecule has 1 heterocycles. The molecule has 0 fully saturated rings. The number of carbonyl (C=O) groups is 1. The van der Waals surface area contributed by atoms with Crippen LogP contribution in [0.4, 0.5) is 0 Å². The molecule has 6 heteroatoms. The van der Waals surface area contributed by atoms with E-state index in [1.165, 1.54) is 0 Å². The molecule has 0 aliphatic heterocycles. The first kappa shape index (κ1) is 18.6. The van der Waals surface area contributed by atoms with Crippen molar-refractivity contribution in [3.8, 4) is 17.2 Å². The van der Waals surface area contributed by atoms with Crippen molar-refractivity contribution in [3.63, 3.8) is 0 Å². The van der Waals surface area contributed by atoms with Gasteiger partial charge in [0.25, 0.3) is 5.91 Å². The van der Waals surface area contributed by atoms with E-state index in [4.69, 9.17) is 18.6 Å². The summed E-state index contributed by atoms with van der Waals surface area (Å²) in [6.07, 6.45) is 0. The van der Waals surface area contributed by atoms with E-state index in [0.29, 0.717) is 36.0 Å². The van der Waals surface area contributed by atoms with Crippen LogP contribution in [0.15, 0.2) is 40.8 Å². The minimum absolute atomic E-state index is 0.267. The second-order valence-electron chi connectivity index (χ2n) is 6.02. The fraction of sp³-hybridized carbons (Fsp3) is 0.286. The number of furan rings is 1. The zero-order valence-electron chi connectivity index (χ0n) is 15.9. The minimum atomic E-state index is -0.267. The molecule has 1 aromatic heterocycles. The van der Waals surface area contributed by atoms with Crippen LogP contribution >= 0.6 is 0 Å². The van der Waals surface area contributed by atoms with Crippen molar-refractivity contribution >= 4 is 16.9 Å². The summed E-state index contributed by atoms with van der Waals surface area (Å²) >= 11 is 0. The fourth-order valence-corrected chi connectivity index (χ4v) is 2.93. The van der Waals surface area contributed by atoms with Crippen LogP contribution in [0.25, 0.3) is 11.0 Å². The Labute approximate surface area is 158 Å². The first-order valence-corrected chi connectivity index (χ1v) is 8.72. The number of carbonyl (C=O) groups excluding carboxylic acids is 1. The summed E-state index contributed by atoms with van der Waals surface area (Å²) in [7, 11) is 3.16. The lowest BCUT2D eigenvalue weighted by Crippen LogP contribution is -2.23. The molecular weight excluding hydrogens is 346 g/mol. The van der Waals surface area contributed by atoms with Crippen molar-refractivity contribution in [2.45, 2.75) is 20.4 Å². The smallest absolute Gasteiger partial charge is 0.287 e. The van der Waals surface area contributed by atoms with Crippen molar-refractivity contribution in [1.82, 2.24) is 5.32 Å². The number of amides is 1. The van der Waals surface area contributed by atoms with Crippen molar-refractivity contribution in [3.05, 3.63) is 53.3 Å². The molecule has 142 valence electrons. The summed E-state index contributed by atoms with van der Waals surface area (Å²) in [5.41, 5.74) is 2.34. The van der Waals surface area contributed by atoms with Crippen LogP contribution in [0.5, 0.6) is 17.2 Å². The number of methoxy groups -OCH3 is 2. The molecule has 0 saturated heterocycles. The van der Waals surface area contributed by atoms with E-state index in [-0.39, 0.29) is 5.91 Å². The molecule has 0 aliphatic carbocycles. The fourth-order valence-electron chi connectivity index (χ4n) is 2.93. The van der Waals surface area contributed by atoms with Crippen molar-refractivity contribution < 1.29 is 23.4 Å². The monoisotopic (exact) mass is 369 g/mol. The van der Waals surface area contributed by atoms with Gasteiger partial charge in [0.1, 0.15) is 11.3 Å². The normalized spacial score (nSPS) is 10.7. The molecule has 0 radical (unpaired) electrons. The Morgan fingerprint density at radius 3 is 2.56 bits per heavy atom. The number of aryl methyl sites for hydroxylation is 1. The van der Waals surface area contributed by atoms with Gasteiger partial charge in [-0.25, -0.2) is 0 Å². The van der Waals surface area contributed by atoms with Crippen molar-refractivity contribution in [2.24, 2.45) is 0 Å². The summed E-state index contributed by atoms with van der Waals surface area (Å²) in [5, 5.41) is 3.76. The summed E-state index contributed by atoms with van der Waals surface area (Å²) < 4.78 is 21.8. The number of hydrogen-bond acceptors (Lipinski definition) is 5. The molecule has 1 N–H and O–H groups in total. The molecule has 0 aliphatic rings. The molecule has 0 bridgehead atoms. The van der Waals surface area contributed by atoms with E-state index in [1.54, 1.807) is 14.2 Å². The van der Waals surface area contributed by atoms with Gasteiger partial charge in [-0.05, 0) is 49.7 Å². The lowest BCUT2D eigenvalue weighted by Gasteiger charge is -2.10. The van der Waals surface area contributed by atoms with E-state index >= 15 is 0 Å². The maximum Gasteiger partial charge on any atom is 0.287 e. The van der Waals surface area contributed by atoms with Crippen LogP contribution in [0.3, 0.4) is 0 Å². The van der Waals surface area contributed by atoms with E-state index in [2.05, 4.69) is 5.32 Å². The summed E-state index contributed by atoms with van der Waals surface area (Å²) in [4.78, 5) is 12.6. The average molecular weight is 369 g/mol. The molecule has 1 amide bonds. The van der Waals surface area contributed by atoms with Crippen LogP contribution in [0, 0.1) is 6.92 Å². The molecule has 3 aromatic rings. The number of nitrogens with one attached hydrogen (secondary N) is 1. The molecule has 6 nitrogen and oxygen atoms in total. The molecule has 27 heavy (non-hydrogen) atoms. The van der Waals surface area contributed by atoms with Crippen LogP contribution < -0.4 is 19.5 Å². The van der Waals surface area contributed by atoms with E-state index in [9.17, 15) is 4.79 Å². The van der Waals surface area contributed by atoms with Gasteiger partial charge in [0.05, 0.1) is 20.8 Å². The lowest BCUT2D eigenvalue weighted by atomic mass is 10.1. The van der Waals surface area contributed by atoms with Gasteiger partial charge in [0.15, 0.2) is 17.3 Å². The van der Waals surface area contributed by atoms with Crippen LogP contribution in [-0.4, -0.2) is 26.7 Å². The zero-order chi connectivity index (χ0) is 19.4. The SMILES string of the molecule is CCOc1ccc2oc(C(=O)NCc3ccc(OC)c(OC)c3)c(C)c2c1. The predicted octanol–water partition coefficient (Wildman–Crippen LogP) is 4.09. The Kier molecular flexibility index (Phi) is 5.54.